The molecule has 0 aromatic heterocycles. The van der Waals surface area contributed by atoms with Crippen molar-refractivity contribution in [1.82, 2.24) is 5.32 Å². The van der Waals surface area contributed by atoms with E-state index in [2.05, 4.69) is 12.2 Å². The second-order valence-corrected chi connectivity index (χ2v) is 5.95. The molecule has 1 fully saturated rings. The highest BCUT2D eigenvalue weighted by Gasteiger charge is 2.20. The van der Waals surface area contributed by atoms with Gasteiger partial charge >= 0.3 is 0 Å². The Morgan fingerprint density at radius 3 is 2.35 bits per heavy atom. The van der Waals surface area contributed by atoms with Crippen molar-refractivity contribution in [2.75, 3.05) is 6.54 Å². The number of hydrogen-bond donors (Lipinski definition) is 1. The summed E-state index contributed by atoms with van der Waals surface area (Å²) in [4.78, 5) is 0. The Morgan fingerprint density at radius 2 is 1.75 bits per heavy atom. The summed E-state index contributed by atoms with van der Waals surface area (Å²) in [6.07, 6.45) is 8.44. The summed E-state index contributed by atoms with van der Waals surface area (Å²) in [7, 11) is 0. The van der Waals surface area contributed by atoms with Gasteiger partial charge in [0.15, 0.2) is 0 Å². The number of benzene rings is 1. The van der Waals surface area contributed by atoms with Gasteiger partial charge in [0.1, 0.15) is 11.6 Å². The summed E-state index contributed by atoms with van der Waals surface area (Å²) >= 11 is 0. The van der Waals surface area contributed by atoms with Crippen LogP contribution >= 0.6 is 0 Å². The second kappa shape index (κ2) is 7.72. The molecule has 1 aliphatic rings. The molecule has 0 spiro atoms. The van der Waals surface area contributed by atoms with Gasteiger partial charge in [0.25, 0.3) is 0 Å². The molecule has 1 unspecified atom stereocenters. The normalized spacial score (nSPS) is 18.1. The van der Waals surface area contributed by atoms with Crippen LogP contribution in [-0.2, 0) is 0 Å². The molecule has 1 N–H and O–H groups in total. The van der Waals surface area contributed by atoms with Crippen LogP contribution in [0, 0.1) is 17.6 Å². The maximum atomic E-state index is 13.4. The van der Waals surface area contributed by atoms with E-state index in [-0.39, 0.29) is 6.04 Å². The van der Waals surface area contributed by atoms with Crippen LogP contribution in [0.1, 0.15) is 63.5 Å². The minimum absolute atomic E-state index is 0.0725. The van der Waals surface area contributed by atoms with Crippen molar-refractivity contribution in [2.24, 2.45) is 5.92 Å². The maximum absolute atomic E-state index is 13.4. The molecule has 1 aliphatic carbocycles. The first-order valence-electron chi connectivity index (χ1n) is 7.88. The van der Waals surface area contributed by atoms with Crippen LogP contribution in [-0.4, -0.2) is 6.54 Å². The first-order chi connectivity index (χ1) is 9.69. The van der Waals surface area contributed by atoms with E-state index >= 15 is 0 Å². The monoisotopic (exact) mass is 281 g/mol. The van der Waals surface area contributed by atoms with Gasteiger partial charge < -0.3 is 5.32 Å². The average Bonchev–Trinajstić information content (AvgIpc) is 2.43. The molecule has 0 radical (unpaired) electrons. The van der Waals surface area contributed by atoms with Crippen LogP contribution in [0.2, 0.25) is 0 Å². The lowest BCUT2D eigenvalue weighted by Crippen LogP contribution is -2.25. The van der Waals surface area contributed by atoms with Gasteiger partial charge in [-0.25, -0.2) is 8.78 Å². The fraction of sp³-hybridized carbons (Fsp3) is 0.647. The van der Waals surface area contributed by atoms with Crippen molar-refractivity contribution in [3.63, 3.8) is 0 Å². The molecule has 2 rings (SSSR count). The van der Waals surface area contributed by atoms with Crippen LogP contribution in [0.3, 0.4) is 0 Å². The van der Waals surface area contributed by atoms with Gasteiger partial charge in [-0.05, 0) is 43.0 Å². The van der Waals surface area contributed by atoms with Crippen molar-refractivity contribution >= 4 is 0 Å². The molecule has 0 aliphatic heterocycles. The summed E-state index contributed by atoms with van der Waals surface area (Å²) < 4.78 is 26.8. The lowest BCUT2D eigenvalue weighted by molar-refractivity contribution is 0.299. The van der Waals surface area contributed by atoms with Crippen molar-refractivity contribution in [3.8, 4) is 0 Å². The molecule has 1 aromatic rings. The van der Waals surface area contributed by atoms with Gasteiger partial charge in [-0.2, -0.15) is 0 Å². The van der Waals surface area contributed by atoms with E-state index in [0.717, 1.165) is 31.0 Å². The highest BCUT2D eigenvalue weighted by Crippen LogP contribution is 2.32. The zero-order valence-corrected chi connectivity index (χ0v) is 12.3. The van der Waals surface area contributed by atoms with E-state index in [9.17, 15) is 8.78 Å². The first kappa shape index (κ1) is 15.4. The van der Waals surface area contributed by atoms with Crippen LogP contribution in [0.15, 0.2) is 18.2 Å². The third-order valence-corrected chi connectivity index (χ3v) is 4.22. The van der Waals surface area contributed by atoms with Crippen LogP contribution in [0.4, 0.5) is 8.78 Å². The predicted molar refractivity (Wildman–Crippen MR) is 78.6 cm³/mol. The average molecular weight is 281 g/mol. The Balaban J connectivity index is 2.08. The Bertz CT molecular complexity index is 393. The van der Waals surface area contributed by atoms with E-state index in [1.54, 1.807) is 0 Å². The third kappa shape index (κ3) is 4.55. The molecule has 0 heterocycles. The summed E-state index contributed by atoms with van der Waals surface area (Å²) in [5.74, 6) is -0.275. The van der Waals surface area contributed by atoms with Crippen molar-refractivity contribution in [1.29, 1.82) is 0 Å². The predicted octanol–water partition coefficient (Wildman–Crippen LogP) is 4.98. The standard InChI is InChI=1S/C17H25F2N/c1-2-8-20-17(9-13-6-4-3-5-7-13)14-10-15(18)12-16(19)11-14/h10-13,17,20H,2-9H2,1H3. The van der Waals surface area contributed by atoms with E-state index in [1.165, 1.54) is 44.2 Å². The largest absolute Gasteiger partial charge is 0.310 e. The highest BCUT2D eigenvalue weighted by atomic mass is 19.1. The van der Waals surface area contributed by atoms with Crippen LogP contribution in [0.25, 0.3) is 0 Å². The lowest BCUT2D eigenvalue weighted by atomic mass is 9.83. The number of nitrogens with one attached hydrogen (secondary N) is 1. The van der Waals surface area contributed by atoms with Gasteiger partial charge in [-0.15, -0.1) is 0 Å². The van der Waals surface area contributed by atoms with Crippen LogP contribution in [0.5, 0.6) is 0 Å². The number of hydrogen-bond acceptors (Lipinski definition) is 1. The number of rotatable bonds is 6. The molecule has 0 amide bonds. The number of halogens is 2. The smallest absolute Gasteiger partial charge is 0.126 e. The fourth-order valence-corrected chi connectivity index (χ4v) is 3.19. The van der Waals surface area contributed by atoms with Gasteiger partial charge in [0, 0.05) is 12.1 Å². The molecule has 112 valence electrons. The van der Waals surface area contributed by atoms with E-state index in [4.69, 9.17) is 0 Å². The molecule has 20 heavy (non-hydrogen) atoms. The minimum Gasteiger partial charge on any atom is -0.310 e. The van der Waals surface area contributed by atoms with Crippen molar-refractivity contribution < 1.29 is 8.78 Å². The lowest BCUT2D eigenvalue weighted by Gasteiger charge is -2.27. The Kier molecular flexibility index (Phi) is 5.96. The zero-order valence-electron chi connectivity index (χ0n) is 12.3. The quantitative estimate of drug-likeness (QED) is 0.775. The van der Waals surface area contributed by atoms with E-state index in [0.29, 0.717) is 5.92 Å². The molecule has 3 heteroatoms. The van der Waals surface area contributed by atoms with Crippen molar-refractivity contribution in [3.05, 3.63) is 35.4 Å². The van der Waals surface area contributed by atoms with Gasteiger partial charge in [-0.1, -0.05) is 39.0 Å². The summed E-state index contributed by atoms with van der Waals surface area (Å²) in [6, 6.07) is 3.96. The molecule has 1 nitrogen and oxygen atoms in total. The first-order valence-corrected chi connectivity index (χ1v) is 7.88. The Hall–Kier alpha value is -0.960. The fourth-order valence-electron chi connectivity index (χ4n) is 3.19. The highest BCUT2D eigenvalue weighted by molar-refractivity contribution is 5.21. The second-order valence-electron chi connectivity index (χ2n) is 5.95. The Morgan fingerprint density at radius 1 is 1.10 bits per heavy atom. The molecule has 1 aromatic carbocycles. The van der Waals surface area contributed by atoms with Crippen molar-refractivity contribution in [2.45, 2.75) is 57.9 Å². The Labute approximate surface area is 120 Å². The molecule has 1 atom stereocenters. The topological polar surface area (TPSA) is 12.0 Å². The zero-order chi connectivity index (χ0) is 14.4. The SMILES string of the molecule is CCCNC(CC1CCCCC1)c1cc(F)cc(F)c1. The third-order valence-electron chi connectivity index (χ3n) is 4.22. The minimum atomic E-state index is -0.480. The van der Waals surface area contributed by atoms with Gasteiger partial charge in [0.05, 0.1) is 0 Å². The molecular weight excluding hydrogens is 256 g/mol. The molecule has 1 saturated carbocycles. The summed E-state index contributed by atoms with van der Waals surface area (Å²) in [5, 5.41) is 3.45. The summed E-state index contributed by atoms with van der Waals surface area (Å²) in [5.41, 5.74) is 0.751. The molecule has 0 saturated heterocycles. The molecular formula is C17H25F2N. The van der Waals surface area contributed by atoms with Gasteiger partial charge in [0.2, 0.25) is 0 Å². The summed E-state index contributed by atoms with van der Waals surface area (Å²) in [6.45, 7) is 2.99. The molecule has 0 bridgehead atoms. The van der Waals surface area contributed by atoms with E-state index < -0.39 is 11.6 Å². The van der Waals surface area contributed by atoms with Gasteiger partial charge in [-0.3, -0.25) is 0 Å². The van der Waals surface area contributed by atoms with E-state index in [1.807, 2.05) is 0 Å². The van der Waals surface area contributed by atoms with Crippen LogP contribution < -0.4 is 5.32 Å². The maximum Gasteiger partial charge on any atom is 0.126 e.